The number of rotatable bonds is 5. The Morgan fingerprint density at radius 1 is 0.522 bits per heavy atom. The van der Waals surface area contributed by atoms with Crippen LogP contribution in [-0.4, -0.2) is 34.8 Å². The molecule has 3 nitrogen and oxygen atoms in total. The second-order valence-corrected chi connectivity index (χ2v) is 13.2. The molecule has 0 aliphatic heterocycles. The fourth-order valence-corrected chi connectivity index (χ4v) is 8.17. The SMILES string of the molecule is O=P(c1ccccc1)(c1ccccc1)c1cc2c3ccccc3ccc2c2ccccc12.OC(CC(O)C(F)(F)F)C(F)(F)F.[Eu]. The van der Waals surface area contributed by atoms with Gasteiger partial charge >= 0.3 is 12.4 Å². The quantitative estimate of drug-likeness (QED) is 0.106. The van der Waals surface area contributed by atoms with E-state index in [4.69, 9.17) is 10.2 Å². The Hall–Kier alpha value is -2.59. The molecule has 6 rings (SSSR count). The minimum absolute atomic E-state index is 0. The monoisotopic (exact) mass is 793 g/mol. The average Bonchev–Trinajstić information content (AvgIpc) is 3.04. The summed E-state index contributed by atoms with van der Waals surface area (Å²) in [5.74, 6) is 0. The summed E-state index contributed by atoms with van der Waals surface area (Å²) in [6.45, 7) is 0. The van der Waals surface area contributed by atoms with Gasteiger partial charge in [0.2, 0.25) is 0 Å². The molecule has 0 aliphatic rings. The second-order valence-electron chi connectivity index (χ2n) is 10.5. The summed E-state index contributed by atoms with van der Waals surface area (Å²) in [7, 11) is -3.10. The van der Waals surface area contributed by atoms with Crippen LogP contribution in [0, 0.1) is 49.4 Å². The third-order valence-corrected chi connectivity index (χ3v) is 10.6. The molecule has 6 aromatic carbocycles. The summed E-state index contributed by atoms with van der Waals surface area (Å²) in [5, 5.41) is 25.8. The normalized spacial score (nSPS) is 13.5. The van der Waals surface area contributed by atoms with E-state index in [0.717, 1.165) is 32.1 Å². The first-order valence-corrected chi connectivity index (χ1v) is 15.6. The van der Waals surface area contributed by atoms with E-state index in [-0.39, 0.29) is 49.4 Å². The van der Waals surface area contributed by atoms with Crippen LogP contribution in [0.3, 0.4) is 0 Å². The number of alkyl halides is 6. The Morgan fingerprint density at radius 3 is 1.43 bits per heavy atom. The first kappa shape index (κ1) is 36.3. The van der Waals surface area contributed by atoms with Crippen LogP contribution < -0.4 is 15.9 Å². The number of hydrogen-bond acceptors (Lipinski definition) is 3. The predicted molar refractivity (Wildman–Crippen MR) is 167 cm³/mol. The van der Waals surface area contributed by atoms with E-state index in [1.165, 1.54) is 16.2 Å². The molecule has 0 aliphatic carbocycles. The van der Waals surface area contributed by atoms with Crippen molar-refractivity contribution < 1.29 is 90.5 Å². The smallest absolute Gasteiger partial charge is 0.384 e. The Morgan fingerprint density at radius 2 is 0.935 bits per heavy atom. The summed E-state index contributed by atoms with van der Waals surface area (Å²) < 4.78 is 84.0. The standard InChI is InChI=1S/C30H21OP.C5H6F6O2.Eu/c31-32(23-12-3-1-4-13-23,24-14-5-2-6-15-24)30-21-29-25-16-8-7-11-22(25)19-20-27(29)26-17-9-10-18-28(26)30;6-4(7,8)2(12)1-3(13)5(9,10)11;/h1-21H;2-3,12-13H,1H2;. The Kier molecular flexibility index (Phi) is 11.6. The molecule has 0 bridgehead atoms. The molecule has 2 N–H and O–H groups in total. The van der Waals surface area contributed by atoms with Crippen LogP contribution in [0.2, 0.25) is 0 Å². The summed E-state index contributed by atoms with van der Waals surface area (Å²) in [5.41, 5.74) is 0. The zero-order valence-corrected chi connectivity index (χ0v) is 27.2. The van der Waals surface area contributed by atoms with Crippen molar-refractivity contribution in [3.8, 4) is 0 Å². The van der Waals surface area contributed by atoms with Gasteiger partial charge in [0.1, 0.15) is 0 Å². The van der Waals surface area contributed by atoms with E-state index in [2.05, 4.69) is 60.7 Å². The van der Waals surface area contributed by atoms with Crippen LogP contribution in [0.1, 0.15) is 6.42 Å². The molecule has 0 saturated carbocycles. The molecule has 11 heteroatoms. The van der Waals surface area contributed by atoms with Crippen LogP contribution in [-0.2, 0) is 4.57 Å². The molecule has 6 aromatic rings. The molecule has 0 amide bonds. The van der Waals surface area contributed by atoms with Crippen LogP contribution in [0.4, 0.5) is 26.3 Å². The van der Waals surface area contributed by atoms with Gasteiger partial charge in [-0.1, -0.05) is 121 Å². The molecule has 0 fully saturated rings. The summed E-state index contributed by atoms with van der Waals surface area (Å²) >= 11 is 0. The predicted octanol–water partition coefficient (Wildman–Crippen LogP) is 8.01. The zero-order valence-electron chi connectivity index (χ0n) is 23.9. The van der Waals surface area contributed by atoms with Crippen molar-refractivity contribution in [3.63, 3.8) is 0 Å². The molecule has 1 radical (unpaired) electrons. The van der Waals surface area contributed by atoms with Crippen molar-refractivity contribution in [2.24, 2.45) is 0 Å². The molecule has 0 aromatic heterocycles. The van der Waals surface area contributed by atoms with Gasteiger partial charge in [0, 0.05) is 71.7 Å². The van der Waals surface area contributed by atoms with Crippen molar-refractivity contribution in [1.82, 2.24) is 0 Å². The third kappa shape index (κ3) is 7.59. The zero-order chi connectivity index (χ0) is 32.4. The average molecular weight is 793 g/mol. The van der Waals surface area contributed by atoms with Crippen molar-refractivity contribution in [2.45, 2.75) is 31.0 Å². The molecule has 0 saturated heterocycles. The number of fused-ring (bicyclic) bond motifs is 5. The number of benzene rings is 6. The third-order valence-electron chi connectivity index (χ3n) is 7.53. The van der Waals surface area contributed by atoms with Gasteiger partial charge in [0.05, 0.1) is 0 Å². The molecule has 2 unspecified atom stereocenters. The fourth-order valence-electron chi connectivity index (χ4n) is 5.28. The van der Waals surface area contributed by atoms with Crippen molar-refractivity contribution in [3.05, 3.63) is 127 Å². The van der Waals surface area contributed by atoms with Crippen molar-refractivity contribution in [1.29, 1.82) is 0 Å². The maximum absolute atomic E-state index is 15.2. The van der Waals surface area contributed by atoms with E-state index in [1.54, 1.807) is 0 Å². The second kappa shape index (κ2) is 14.7. The van der Waals surface area contributed by atoms with Gasteiger partial charge in [0.25, 0.3) is 0 Å². The molecule has 0 spiro atoms. The maximum atomic E-state index is 15.2. The largest absolute Gasteiger partial charge is 0.414 e. The van der Waals surface area contributed by atoms with E-state index >= 15 is 4.57 Å². The Balaban J connectivity index is 0.000000295. The van der Waals surface area contributed by atoms with Crippen LogP contribution in [0.15, 0.2) is 127 Å². The number of aliphatic hydroxyl groups is 2. The van der Waals surface area contributed by atoms with E-state index in [0.29, 0.717) is 0 Å². The van der Waals surface area contributed by atoms with E-state index in [9.17, 15) is 26.3 Å². The molecule has 2 atom stereocenters. The van der Waals surface area contributed by atoms with E-state index in [1.807, 2.05) is 66.7 Å². The summed E-state index contributed by atoms with van der Waals surface area (Å²) in [6.07, 6.45) is -18.4. The van der Waals surface area contributed by atoms with Gasteiger partial charge in [-0.3, -0.25) is 0 Å². The van der Waals surface area contributed by atoms with E-state index < -0.39 is 38.1 Å². The van der Waals surface area contributed by atoms with Crippen molar-refractivity contribution in [2.75, 3.05) is 0 Å². The van der Waals surface area contributed by atoms with Gasteiger partial charge in [-0.25, -0.2) is 0 Å². The molecule has 0 heterocycles. The minimum atomic E-state index is -5.15. The fraction of sp³-hybridized carbons (Fsp3) is 0.143. The molecule has 239 valence electrons. The topological polar surface area (TPSA) is 57.5 Å². The summed E-state index contributed by atoms with van der Waals surface area (Å²) in [4.78, 5) is 0. The van der Waals surface area contributed by atoms with Crippen molar-refractivity contribution >= 4 is 55.4 Å². The van der Waals surface area contributed by atoms with Gasteiger partial charge in [-0.15, -0.1) is 0 Å². The van der Waals surface area contributed by atoms with Crippen LogP contribution in [0.5, 0.6) is 0 Å². The van der Waals surface area contributed by atoms with Gasteiger partial charge < -0.3 is 14.8 Å². The van der Waals surface area contributed by atoms with Crippen LogP contribution in [0.25, 0.3) is 32.3 Å². The van der Waals surface area contributed by atoms with Gasteiger partial charge in [-0.2, -0.15) is 26.3 Å². The minimum Gasteiger partial charge on any atom is -0.384 e. The van der Waals surface area contributed by atoms with Crippen LogP contribution >= 0.6 is 7.14 Å². The maximum Gasteiger partial charge on any atom is 0.414 e. The molecule has 46 heavy (non-hydrogen) atoms. The van der Waals surface area contributed by atoms with Gasteiger partial charge in [-0.05, 0) is 38.4 Å². The Bertz CT molecular complexity index is 1920. The number of aliphatic hydroxyl groups excluding tert-OH is 2. The number of halogens is 6. The molecular weight excluding hydrogens is 765 g/mol. The number of hydrogen-bond donors (Lipinski definition) is 2. The van der Waals surface area contributed by atoms with Gasteiger partial charge in [0.15, 0.2) is 19.3 Å². The Labute approximate surface area is 301 Å². The first-order valence-electron chi connectivity index (χ1n) is 13.9. The summed E-state index contributed by atoms with van der Waals surface area (Å²) in [6, 6.07) is 43.2. The first-order chi connectivity index (χ1) is 21.3. The molecular formula is C35H27EuF6O3P.